The van der Waals surface area contributed by atoms with Gasteiger partial charge in [0.1, 0.15) is 5.82 Å². The van der Waals surface area contributed by atoms with Crippen molar-refractivity contribution in [1.82, 2.24) is 14.8 Å². The van der Waals surface area contributed by atoms with Crippen molar-refractivity contribution < 1.29 is 23.4 Å². The number of halogens is 1. The molecule has 0 aliphatic carbocycles. The fourth-order valence-corrected chi connectivity index (χ4v) is 4.53. The van der Waals surface area contributed by atoms with Crippen molar-refractivity contribution in [2.45, 2.75) is 19.9 Å². The van der Waals surface area contributed by atoms with E-state index in [-0.39, 0.29) is 18.1 Å². The molecule has 2 heterocycles. The van der Waals surface area contributed by atoms with Gasteiger partial charge < -0.3 is 24.1 Å². The number of hydrogen-bond donors (Lipinski definition) is 1. The Hall–Kier alpha value is -3.26. The Morgan fingerprint density at radius 2 is 1.73 bits per heavy atom. The number of aromatic nitrogens is 1. The van der Waals surface area contributed by atoms with Gasteiger partial charge in [-0.3, -0.25) is 9.69 Å². The SMILES string of the molecule is COc1ccc(CN2CCN(C(=O)Cc3c(C)[nH]c4ccc(F)cc34)CC2)c(OC)c1OC. The number of H-pyrrole nitrogens is 1. The third kappa shape index (κ3) is 4.61. The van der Waals surface area contributed by atoms with Gasteiger partial charge in [0.15, 0.2) is 11.5 Å². The van der Waals surface area contributed by atoms with Crippen LogP contribution in [-0.4, -0.2) is 68.2 Å². The molecular weight excluding hydrogens is 425 g/mol. The summed E-state index contributed by atoms with van der Waals surface area (Å²) in [7, 11) is 4.82. The van der Waals surface area contributed by atoms with Crippen molar-refractivity contribution in [2.24, 2.45) is 0 Å². The highest BCUT2D eigenvalue weighted by Gasteiger charge is 2.24. The zero-order valence-corrected chi connectivity index (χ0v) is 19.5. The van der Waals surface area contributed by atoms with E-state index in [1.54, 1.807) is 27.4 Å². The maximum Gasteiger partial charge on any atom is 0.227 e. The number of hydrogen-bond acceptors (Lipinski definition) is 5. The minimum Gasteiger partial charge on any atom is -0.493 e. The Bertz CT molecular complexity index is 1150. The van der Waals surface area contributed by atoms with Gasteiger partial charge in [0, 0.05) is 54.9 Å². The van der Waals surface area contributed by atoms with Crippen molar-refractivity contribution in [3.05, 3.63) is 53.0 Å². The van der Waals surface area contributed by atoms with Crippen LogP contribution in [0.25, 0.3) is 10.9 Å². The number of aromatic amines is 1. The van der Waals surface area contributed by atoms with Crippen LogP contribution < -0.4 is 14.2 Å². The zero-order valence-electron chi connectivity index (χ0n) is 19.5. The summed E-state index contributed by atoms with van der Waals surface area (Å²) < 4.78 is 30.2. The molecule has 1 aromatic heterocycles. The van der Waals surface area contributed by atoms with E-state index in [9.17, 15) is 9.18 Å². The second-order valence-corrected chi connectivity index (χ2v) is 8.25. The average molecular weight is 456 g/mol. The Morgan fingerprint density at radius 3 is 2.39 bits per heavy atom. The lowest BCUT2D eigenvalue weighted by Gasteiger charge is -2.35. The molecule has 1 saturated heterocycles. The minimum absolute atomic E-state index is 0.0617. The minimum atomic E-state index is -0.297. The molecule has 8 heteroatoms. The highest BCUT2D eigenvalue weighted by molar-refractivity contribution is 5.90. The number of aryl methyl sites for hydroxylation is 1. The van der Waals surface area contributed by atoms with Gasteiger partial charge in [0.05, 0.1) is 27.8 Å². The Labute approximate surface area is 193 Å². The highest BCUT2D eigenvalue weighted by Crippen LogP contribution is 2.40. The van der Waals surface area contributed by atoms with Crippen LogP contribution in [0.5, 0.6) is 17.2 Å². The van der Waals surface area contributed by atoms with Gasteiger partial charge in [-0.05, 0) is 36.8 Å². The van der Waals surface area contributed by atoms with E-state index in [2.05, 4.69) is 9.88 Å². The zero-order chi connectivity index (χ0) is 23.5. The second kappa shape index (κ2) is 9.70. The van der Waals surface area contributed by atoms with Crippen molar-refractivity contribution in [3.8, 4) is 17.2 Å². The summed E-state index contributed by atoms with van der Waals surface area (Å²) in [6.07, 6.45) is 0.263. The number of benzene rings is 2. The maximum absolute atomic E-state index is 13.7. The van der Waals surface area contributed by atoms with Crippen LogP contribution in [0.2, 0.25) is 0 Å². The van der Waals surface area contributed by atoms with Crippen LogP contribution in [0.1, 0.15) is 16.8 Å². The lowest BCUT2D eigenvalue weighted by atomic mass is 10.1. The van der Waals surface area contributed by atoms with Crippen LogP contribution in [0, 0.1) is 12.7 Å². The summed E-state index contributed by atoms with van der Waals surface area (Å²) in [6, 6.07) is 8.50. The smallest absolute Gasteiger partial charge is 0.227 e. The molecule has 1 fully saturated rings. The molecule has 0 saturated carbocycles. The summed E-state index contributed by atoms with van der Waals surface area (Å²) in [5, 5.41) is 0.778. The van der Waals surface area contributed by atoms with E-state index in [1.807, 2.05) is 24.0 Å². The number of carbonyl (C=O) groups excluding carboxylic acids is 1. The summed E-state index contributed by atoms with van der Waals surface area (Å²) in [4.78, 5) is 20.4. The Balaban J connectivity index is 1.40. The summed E-state index contributed by atoms with van der Waals surface area (Å²) >= 11 is 0. The lowest BCUT2D eigenvalue weighted by Crippen LogP contribution is -2.48. The van der Waals surface area contributed by atoms with Gasteiger partial charge >= 0.3 is 0 Å². The summed E-state index contributed by atoms with van der Waals surface area (Å²) in [5.41, 5.74) is 3.63. The molecule has 33 heavy (non-hydrogen) atoms. The summed E-state index contributed by atoms with van der Waals surface area (Å²) in [5.74, 6) is 1.64. The second-order valence-electron chi connectivity index (χ2n) is 8.25. The molecule has 1 aliphatic rings. The number of ether oxygens (including phenoxy) is 3. The fourth-order valence-electron chi connectivity index (χ4n) is 4.53. The van der Waals surface area contributed by atoms with E-state index in [0.29, 0.717) is 36.9 Å². The number of nitrogens with zero attached hydrogens (tertiary/aromatic N) is 2. The average Bonchev–Trinajstić information content (AvgIpc) is 3.13. The largest absolute Gasteiger partial charge is 0.493 e. The molecule has 3 aromatic rings. The van der Waals surface area contributed by atoms with Gasteiger partial charge in [-0.15, -0.1) is 0 Å². The molecule has 1 aliphatic heterocycles. The van der Waals surface area contributed by atoms with Gasteiger partial charge in [0.25, 0.3) is 0 Å². The molecule has 0 spiro atoms. The quantitative estimate of drug-likeness (QED) is 0.591. The maximum atomic E-state index is 13.7. The highest BCUT2D eigenvalue weighted by atomic mass is 19.1. The van der Waals surface area contributed by atoms with Crippen LogP contribution in [-0.2, 0) is 17.8 Å². The number of piperazine rings is 1. The Kier molecular flexibility index (Phi) is 6.74. The first-order valence-corrected chi connectivity index (χ1v) is 11.0. The van der Waals surface area contributed by atoms with E-state index < -0.39 is 0 Å². The van der Waals surface area contributed by atoms with E-state index in [4.69, 9.17) is 14.2 Å². The van der Waals surface area contributed by atoms with Crippen LogP contribution in [0.3, 0.4) is 0 Å². The molecule has 1 amide bonds. The third-order valence-corrected chi connectivity index (χ3v) is 6.31. The molecule has 2 aromatic carbocycles. The Morgan fingerprint density at radius 1 is 1.00 bits per heavy atom. The first-order chi connectivity index (χ1) is 15.9. The van der Waals surface area contributed by atoms with Gasteiger partial charge in [-0.2, -0.15) is 0 Å². The molecule has 7 nitrogen and oxygen atoms in total. The van der Waals surface area contributed by atoms with Crippen LogP contribution >= 0.6 is 0 Å². The molecule has 0 unspecified atom stereocenters. The predicted octanol–water partition coefficient (Wildman–Crippen LogP) is 3.53. The molecule has 1 N–H and O–H groups in total. The van der Waals surface area contributed by atoms with Gasteiger partial charge in [-0.1, -0.05) is 6.07 Å². The predicted molar refractivity (Wildman–Crippen MR) is 125 cm³/mol. The number of methoxy groups -OCH3 is 3. The first kappa shape index (κ1) is 22.9. The number of amides is 1. The molecule has 0 atom stereocenters. The first-order valence-electron chi connectivity index (χ1n) is 11.0. The van der Waals surface area contributed by atoms with Gasteiger partial charge in [0.2, 0.25) is 11.7 Å². The number of carbonyl (C=O) groups is 1. The van der Waals surface area contributed by atoms with Crippen molar-refractivity contribution in [2.75, 3.05) is 47.5 Å². The molecule has 176 valence electrons. The van der Waals surface area contributed by atoms with E-state index >= 15 is 0 Å². The molecular formula is C25H30FN3O4. The number of nitrogens with one attached hydrogen (secondary N) is 1. The van der Waals surface area contributed by atoms with Crippen molar-refractivity contribution in [3.63, 3.8) is 0 Å². The van der Waals surface area contributed by atoms with Crippen LogP contribution in [0.15, 0.2) is 30.3 Å². The summed E-state index contributed by atoms with van der Waals surface area (Å²) in [6.45, 7) is 5.41. The number of fused-ring (bicyclic) bond motifs is 1. The number of rotatable bonds is 7. The van der Waals surface area contributed by atoms with Crippen LogP contribution in [0.4, 0.5) is 4.39 Å². The topological polar surface area (TPSA) is 67.0 Å². The van der Waals surface area contributed by atoms with Crippen molar-refractivity contribution in [1.29, 1.82) is 0 Å². The molecule has 0 bridgehead atoms. The normalized spacial score (nSPS) is 14.5. The van der Waals surface area contributed by atoms with Gasteiger partial charge in [-0.25, -0.2) is 4.39 Å². The third-order valence-electron chi connectivity index (χ3n) is 6.31. The van der Waals surface area contributed by atoms with Crippen molar-refractivity contribution >= 4 is 16.8 Å². The fraction of sp³-hybridized carbons (Fsp3) is 0.400. The molecule has 0 radical (unpaired) electrons. The molecule has 4 rings (SSSR count). The monoisotopic (exact) mass is 455 g/mol. The van der Waals surface area contributed by atoms with E-state index in [0.717, 1.165) is 40.8 Å². The standard InChI is InChI=1S/C25H30FN3O4/c1-16-19(20-13-18(26)6-7-21(20)27-16)14-23(30)29-11-9-28(10-12-29)15-17-5-8-22(31-2)25(33-4)24(17)32-3/h5-8,13,27H,9-12,14-15H2,1-4H3. The van der Waals surface area contributed by atoms with E-state index in [1.165, 1.54) is 12.1 Å². The lowest BCUT2D eigenvalue weighted by molar-refractivity contribution is -0.132.